The summed E-state index contributed by atoms with van der Waals surface area (Å²) in [6, 6.07) is 31.9. The Morgan fingerprint density at radius 2 is 0.897 bits per heavy atom. The second-order valence-corrected chi connectivity index (χ2v) is 10.8. The number of hydrogen-bond donors (Lipinski definition) is 0. The van der Waals surface area contributed by atoms with E-state index in [1.54, 1.807) is 0 Å². The fraction of sp³-hybridized carbons (Fsp3) is 0.514. The Hall–Kier alpha value is -2.42. The summed E-state index contributed by atoms with van der Waals surface area (Å²) in [7, 11) is 0. The summed E-state index contributed by atoms with van der Waals surface area (Å²) < 4.78 is 13.3. The van der Waals surface area contributed by atoms with Crippen molar-refractivity contribution in [3.05, 3.63) is 108 Å². The summed E-state index contributed by atoms with van der Waals surface area (Å²) in [5.74, 6) is 0. The van der Waals surface area contributed by atoms with Crippen molar-refractivity contribution >= 4 is 0 Å². The molecule has 3 rings (SSSR count). The molecule has 2 nitrogen and oxygen atoms in total. The summed E-state index contributed by atoms with van der Waals surface area (Å²) >= 11 is 0. The van der Waals surface area contributed by atoms with E-state index in [1.807, 2.05) is 0 Å². The van der Waals surface area contributed by atoms with Gasteiger partial charge in [0.2, 0.25) is 0 Å². The van der Waals surface area contributed by atoms with Crippen molar-refractivity contribution in [1.82, 2.24) is 0 Å². The maximum atomic E-state index is 7.04. The van der Waals surface area contributed by atoms with E-state index in [1.165, 1.54) is 77.0 Å². The Kier molecular flexibility index (Phi) is 15.0. The van der Waals surface area contributed by atoms with Gasteiger partial charge in [-0.25, -0.2) is 0 Å². The van der Waals surface area contributed by atoms with Gasteiger partial charge in [-0.05, 0) is 30.0 Å². The minimum Gasteiger partial charge on any atom is -0.376 e. The minimum absolute atomic E-state index is 0.0913. The molecule has 0 aliphatic rings. The van der Waals surface area contributed by atoms with Crippen LogP contribution in [0.1, 0.15) is 114 Å². The van der Waals surface area contributed by atoms with E-state index in [4.69, 9.17) is 9.47 Å². The van der Waals surface area contributed by atoms with E-state index in [-0.39, 0.29) is 6.10 Å². The smallest absolute Gasteiger partial charge is 0.143 e. The minimum atomic E-state index is -0.685. The molecule has 3 aromatic rings. The fourth-order valence-electron chi connectivity index (χ4n) is 5.65. The Labute approximate surface area is 239 Å². The molecule has 0 amide bonds. The molecule has 2 heteroatoms. The summed E-state index contributed by atoms with van der Waals surface area (Å²) in [5, 5.41) is 0. The summed E-state index contributed by atoms with van der Waals surface area (Å²) in [6.07, 6.45) is 17.5. The number of benzene rings is 3. The van der Waals surface area contributed by atoms with Gasteiger partial charge in [-0.3, -0.25) is 0 Å². The van der Waals surface area contributed by atoms with Crippen LogP contribution in [0, 0.1) is 0 Å². The summed E-state index contributed by atoms with van der Waals surface area (Å²) in [5.41, 5.74) is 2.74. The van der Waals surface area contributed by atoms with E-state index in [2.05, 4.69) is 105 Å². The zero-order valence-corrected chi connectivity index (χ0v) is 24.7. The largest absolute Gasteiger partial charge is 0.376 e. The van der Waals surface area contributed by atoms with Crippen molar-refractivity contribution in [2.45, 2.75) is 109 Å². The molecular formula is C37H52O2. The van der Waals surface area contributed by atoms with Crippen LogP contribution >= 0.6 is 0 Å². The lowest BCUT2D eigenvalue weighted by molar-refractivity contribution is -0.0653. The highest BCUT2D eigenvalue weighted by Gasteiger charge is 2.38. The highest BCUT2D eigenvalue weighted by atomic mass is 16.5. The van der Waals surface area contributed by atoms with Crippen LogP contribution in [0.5, 0.6) is 0 Å². The standard InChI is InChI=1S/C37H52O2/c1-3-5-6-7-8-9-10-11-12-13-14-24-31-36(38-4-2)32-39-37(33-25-18-15-19-26-33,34-27-20-16-21-28-34)35-29-22-17-23-30-35/h15-23,25-30,36H,3-14,24,31-32H2,1-2H3. The van der Waals surface area contributed by atoms with Crippen LogP contribution in [-0.4, -0.2) is 19.3 Å². The van der Waals surface area contributed by atoms with Gasteiger partial charge in [0.05, 0.1) is 12.7 Å². The number of hydrogen-bond acceptors (Lipinski definition) is 2. The van der Waals surface area contributed by atoms with Gasteiger partial charge in [-0.1, -0.05) is 175 Å². The number of unbranched alkanes of at least 4 members (excludes halogenated alkanes) is 11. The van der Waals surface area contributed by atoms with Crippen LogP contribution in [0.25, 0.3) is 0 Å². The van der Waals surface area contributed by atoms with E-state index in [9.17, 15) is 0 Å². The third-order valence-electron chi connectivity index (χ3n) is 7.81. The molecule has 0 heterocycles. The number of ether oxygens (including phenoxy) is 2. The third-order valence-corrected chi connectivity index (χ3v) is 7.81. The molecule has 1 atom stereocenters. The molecule has 0 saturated carbocycles. The molecule has 0 fully saturated rings. The molecule has 212 valence electrons. The normalized spacial score (nSPS) is 12.5. The summed E-state index contributed by atoms with van der Waals surface area (Å²) in [6.45, 7) is 5.65. The van der Waals surface area contributed by atoms with E-state index >= 15 is 0 Å². The van der Waals surface area contributed by atoms with Crippen molar-refractivity contribution in [2.24, 2.45) is 0 Å². The quantitative estimate of drug-likeness (QED) is 0.101. The second-order valence-electron chi connectivity index (χ2n) is 10.8. The van der Waals surface area contributed by atoms with Crippen LogP contribution in [0.2, 0.25) is 0 Å². The zero-order chi connectivity index (χ0) is 27.4. The molecule has 39 heavy (non-hydrogen) atoms. The Balaban J connectivity index is 1.57. The SMILES string of the molecule is CCCCCCCCCCCCCCC(COC(c1ccccc1)(c1ccccc1)c1ccccc1)OCC. The molecule has 0 aromatic heterocycles. The highest BCUT2D eigenvalue weighted by Crippen LogP contribution is 2.40. The molecule has 0 aliphatic carbocycles. The lowest BCUT2D eigenvalue weighted by atomic mass is 9.80. The average Bonchev–Trinajstić information content (AvgIpc) is 2.99. The van der Waals surface area contributed by atoms with Crippen LogP contribution in [0.3, 0.4) is 0 Å². The predicted octanol–water partition coefficient (Wildman–Crippen LogP) is 10.5. The molecule has 0 aliphatic heterocycles. The monoisotopic (exact) mass is 528 g/mol. The molecule has 3 aromatic carbocycles. The molecule has 0 bridgehead atoms. The molecule has 0 spiro atoms. The van der Waals surface area contributed by atoms with Crippen LogP contribution in [-0.2, 0) is 15.1 Å². The van der Waals surface area contributed by atoms with Crippen LogP contribution in [0.4, 0.5) is 0 Å². The lowest BCUT2D eigenvalue weighted by Crippen LogP contribution is -2.36. The molecule has 0 N–H and O–H groups in total. The van der Waals surface area contributed by atoms with E-state index < -0.39 is 5.60 Å². The highest BCUT2D eigenvalue weighted by molar-refractivity contribution is 5.47. The first-order valence-electron chi connectivity index (χ1n) is 15.7. The van der Waals surface area contributed by atoms with Crippen molar-refractivity contribution in [2.75, 3.05) is 13.2 Å². The van der Waals surface area contributed by atoms with Gasteiger partial charge < -0.3 is 9.47 Å². The fourth-order valence-corrected chi connectivity index (χ4v) is 5.65. The van der Waals surface area contributed by atoms with Gasteiger partial charge >= 0.3 is 0 Å². The predicted molar refractivity (Wildman–Crippen MR) is 166 cm³/mol. The average molecular weight is 529 g/mol. The second kappa shape index (κ2) is 18.8. The van der Waals surface area contributed by atoms with Crippen molar-refractivity contribution < 1.29 is 9.47 Å². The van der Waals surface area contributed by atoms with Gasteiger partial charge in [0.25, 0.3) is 0 Å². The maximum Gasteiger partial charge on any atom is 0.143 e. The van der Waals surface area contributed by atoms with Crippen LogP contribution < -0.4 is 0 Å². The summed E-state index contributed by atoms with van der Waals surface area (Å²) in [4.78, 5) is 0. The number of rotatable bonds is 21. The van der Waals surface area contributed by atoms with E-state index in [0.717, 1.165) is 23.1 Å². The third kappa shape index (κ3) is 10.2. The van der Waals surface area contributed by atoms with Gasteiger partial charge in [0, 0.05) is 6.61 Å². The first kappa shape index (κ1) is 31.1. The molecule has 0 saturated heterocycles. The Morgan fingerprint density at radius 3 is 1.28 bits per heavy atom. The van der Waals surface area contributed by atoms with Crippen molar-refractivity contribution in [3.63, 3.8) is 0 Å². The van der Waals surface area contributed by atoms with E-state index in [0.29, 0.717) is 13.2 Å². The first-order valence-corrected chi connectivity index (χ1v) is 15.7. The Bertz CT molecular complexity index is 873. The maximum absolute atomic E-state index is 7.04. The topological polar surface area (TPSA) is 18.5 Å². The van der Waals surface area contributed by atoms with Crippen molar-refractivity contribution in [1.29, 1.82) is 0 Å². The first-order chi connectivity index (χ1) is 19.3. The van der Waals surface area contributed by atoms with Gasteiger partial charge in [0.15, 0.2) is 0 Å². The molecular weight excluding hydrogens is 476 g/mol. The van der Waals surface area contributed by atoms with Crippen molar-refractivity contribution in [3.8, 4) is 0 Å². The van der Waals surface area contributed by atoms with Gasteiger partial charge in [0.1, 0.15) is 5.60 Å². The van der Waals surface area contributed by atoms with Gasteiger partial charge in [-0.15, -0.1) is 0 Å². The Morgan fingerprint density at radius 1 is 0.513 bits per heavy atom. The zero-order valence-electron chi connectivity index (χ0n) is 24.7. The lowest BCUT2D eigenvalue weighted by Gasteiger charge is -2.37. The molecule has 0 radical (unpaired) electrons. The van der Waals surface area contributed by atoms with Gasteiger partial charge in [-0.2, -0.15) is 0 Å². The van der Waals surface area contributed by atoms with Crippen LogP contribution in [0.15, 0.2) is 91.0 Å². The molecule has 1 unspecified atom stereocenters.